The Balaban J connectivity index is 1.93. The van der Waals surface area contributed by atoms with Crippen LogP contribution in [0.15, 0.2) is 24.3 Å². The topological polar surface area (TPSA) is 46.5 Å². The number of benzene rings is 1. The molecular formula is C22H38O3S. The van der Waals surface area contributed by atoms with Gasteiger partial charge in [-0.15, -0.1) is 0 Å². The molecule has 0 bridgehead atoms. The van der Waals surface area contributed by atoms with Crippen molar-refractivity contribution in [3.8, 4) is 5.75 Å². The van der Waals surface area contributed by atoms with E-state index in [0.717, 1.165) is 18.4 Å². The van der Waals surface area contributed by atoms with Gasteiger partial charge in [0, 0.05) is 0 Å². The van der Waals surface area contributed by atoms with Gasteiger partial charge in [0.25, 0.3) is 0 Å². The molecule has 0 saturated carbocycles. The van der Waals surface area contributed by atoms with E-state index in [4.69, 9.17) is 8.74 Å². The fourth-order valence-corrected chi connectivity index (χ4v) is 3.69. The highest BCUT2D eigenvalue weighted by Crippen LogP contribution is 2.21. The lowest BCUT2D eigenvalue weighted by Crippen LogP contribution is -2.00. The minimum atomic E-state index is -2.24. The Morgan fingerprint density at radius 3 is 1.73 bits per heavy atom. The Morgan fingerprint density at radius 1 is 0.769 bits per heavy atom. The van der Waals surface area contributed by atoms with E-state index in [0.29, 0.717) is 5.75 Å². The molecule has 150 valence electrons. The second-order valence-electron chi connectivity index (χ2n) is 7.25. The van der Waals surface area contributed by atoms with E-state index in [9.17, 15) is 4.21 Å². The van der Waals surface area contributed by atoms with Gasteiger partial charge in [-0.25, -0.2) is 0 Å². The lowest BCUT2D eigenvalue weighted by atomic mass is 10.0. The Kier molecular flexibility index (Phi) is 14.5. The molecule has 0 fully saturated rings. The van der Waals surface area contributed by atoms with E-state index in [1.54, 1.807) is 6.07 Å². The van der Waals surface area contributed by atoms with E-state index < -0.39 is 11.4 Å². The summed E-state index contributed by atoms with van der Waals surface area (Å²) in [5, 5.41) is 0. The van der Waals surface area contributed by atoms with Gasteiger partial charge >= 0.3 is 11.4 Å². The summed E-state index contributed by atoms with van der Waals surface area (Å²) in [5.74, 6) is 0.531. The SMILES string of the molecule is CCCCCCCCCCCCCCCCc1ccccc1OS(=O)O. The molecule has 0 spiro atoms. The van der Waals surface area contributed by atoms with Crippen molar-refractivity contribution in [2.75, 3.05) is 0 Å². The van der Waals surface area contributed by atoms with Crippen molar-refractivity contribution in [1.29, 1.82) is 0 Å². The van der Waals surface area contributed by atoms with Crippen LogP contribution in [0.2, 0.25) is 0 Å². The zero-order valence-corrected chi connectivity index (χ0v) is 17.4. The largest absolute Gasteiger partial charge is 0.380 e. The number of unbranched alkanes of at least 4 members (excludes halogenated alkanes) is 13. The van der Waals surface area contributed by atoms with Gasteiger partial charge in [-0.2, -0.15) is 4.21 Å². The summed E-state index contributed by atoms with van der Waals surface area (Å²) in [7, 11) is 0. The molecule has 1 aromatic carbocycles. The maximum atomic E-state index is 10.8. The molecule has 0 heterocycles. The normalized spacial score (nSPS) is 12.2. The zero-order valence-electron chi connectivity index (χ0n) is 16.6. The Morgan fingerprint density at radius 2 is 1.23 bits per heavy atom. The molecule has 1 N–H and O–H groups in total. The molecule has 0 aliphatic carbocycles. The summed E-state index contributed by atoms with van der Waals surface area (Å²) < 4.78 is 24.6. The van der Waals surface area contributed by atoms with Crippen LogP contribution in [0.1, 0.15) is 102 Å². The molecule has 0 amide bonds. The fraction of sp³-hybridized carbons (Fsp3) is 0.727. The number of aryl methyl sites for hydroxylation is 1. The summed E-state index contributed by atoms with van der Waals surface area (Å²) in [5.41, 5.74) is 1.02. The summed E-state index contributed by atoms with van der Waals surface area (Å²) in [6, 6.07) is 7.51. The van der Waals surface area contributed by atoms with E-state index in [2.05, 4.69) is 6.92 Å². The van der Waals surface area contributed by atoms with Crippen LogP contribution in [0.4, 0.5) is 0 Å². The minimum absolute atomic E-state index is 0.531. The van der Waals surface area contributed by atoms with E-state index in [1.807, 2.05) is 18.2 Å². The lowest BCUT2D eigenvalue weighted by molar-refractivity contribution is 0.454. The number of rotatable bonds is 17. The first-order valence-corrected chi connectivity index (χ1v) is 11.6. The van der Waals surface area contributed by atoms with E-state index in [1.165, 1.54) is 83.5 Å². The first-order chi connectivity index (χ1) is 12.7. The molecule has 1 unspecified atom stereocenters. The Bertz CT molecular complexity index is 476. The monoisotopic (exact) mass is 382 g/mol. The first-order valence-electron chi connectivity index (χ1n) is 10.6. The van der Waals surface area contributed by atoms with Gasteiger partial charge in [0.15, 0.2) is 0 Å². The predicted octanol–water partition coefficient (Wildman–Crippen LogP) is 7.23. The highest BCUT2D eigenvalue weighted by molar-refractivity contribution is 7.74. The van der Waals surface area contributed by atoms with Crippen molar-refractivity contribution in [3.05, 3.63) is 29.8 Å². The van der Waals surface area contributed by atoms with Crippen LogP contribution in [0.5, 0.6) is 5.75 Å². The molecule has 0 aliphatic rings. The van der Waals surface area contributed by atoms with Crippen molar-refractivity contribution in [1.82, 2.24) is 0 Å². The van der Waals surface area contributed by atoms with Crippen LogP contribution < -0.4 is 4.18 Å². The van der Waals surface area contributed by atoms with Crippen molar-refractivity contribution in [3.63, 3.8) is 0 Å². The standard InChI is InChI=1S/C22H38O3S/c1-2-3-4-5-6-7-8-9-10-11-12-13-14-15-18-21-19-16-17-20-22(21)25-26(23)24/h16-17,19-20H,2-15,18H2,1H3,(H,23,24). The predicted molar refractivity (Wildman–Crippen MR) is 112 cm³/mol. The lowest BCUT2D eigenvalue weighted by Gasteiger charge is -2.08. The van der Waals surface area contributed by atoms with Gasteiger partial charge in [0.1, 0.15) is 5.75 Å². The van der Waals surface area contributed by atoms with Gasteiger partial charge in [0.05, 0.1) is 0 Å². The van der Waals surface area contributed by atoms with E-state index in [-0.39, 0.29) is 0 Å². The molecular weight excluding hydrogens is 344 g/mol. The average molecular weight is 383 g/mol. The molecule has 0 aromatic heterocycles. The summed E-state index contributed by atoms with van der Waals surface area (Å²) in [4.78, 5) is 0. The third-order valence-corrected chi connectivity index (χ3v) is 5.26. The first kappa shape index (κ1) is 23.2. The van der Waals surface area contributed by atoms with Crippen molar-refractivity contribution >= 4 is 11.4 Å². The quantitative estimate of drug-likeness (QED) is 0.228. The molecule has 3 nitrogen and oxygen atoms in total. The van der Waals surface area contributed by atoms with Crippen LogP contribution in [0, 0.1) is 0 Å². The zero-order chi connectivity index (χ0) is 18.9. The molecule has 1 aromatic rings. The summed E-state index contributed by atoms with van der Waals surface area (Å²) >= 11 is -2.24. The van der Waals surface area contributed by atoms with Crippen LogP contribution in [0.3, 0.4) is 0 Å². The molecule has 0 saturated heterocycles. The minimum Gasteiger partial charge on any atom is -0.380 e. The van der Waals surface area contributed by atoms with Crippen molar-refractivity contribution < 1.29 is 12.9 Å². The van der Waals surface area contributed by atoms with Crippen molar-refractivity contribution in [2.24, 2.45) is 0 Å². The van der Waals surface area contributed by atoms with E-state index >= 15 is 0 Å². The molecule has 4 heteroatoms. The van der Waals surface area contributed by atoms with Crippen molar-refractivity contribution in [2.45, 2.75) is 103 Å². The second-order valence-corrected chi connectivity index (χ2v) is 7.86. The smallest absolute Gasteiger partial charge is 0.357 e. The van der Waals surface area contributed by atoms with Gasteiger partial charge in [-0.3, -0.25) is 4.55 Å². The summed E-state index contributed by atoms with van der Waals surface area (Å²) in [6.45, 7) is 2.27. The fourth-order valence-electron chi connectivity index (χ4n) is 3.38. The average Bonchev–Trinajstić information content (AvgIpc) is 2.63. The third-order valence-electron chi connectivity index (χ3n) is 4.93. The Labute approximate surface area is 163 Å². The highest BCUT2D eigenvalue weighted by atomic mass is 32.2. The van der Waals surface area contributed by atoms with Gasteiger partial charge < -0.3 is 4.18 Å². The molecule has 26 heavy (non-hydrogen) atoms. The molecule has 0 radical (unpaired) electrons. The van der Waals surface area contributed by atoms with Crippen LogP contribution in [-0.2, 0) is 17.8 Å². The maximum Gasteiger partial charge on any atom is 0.357 e. The molecule has 0 aliphatic heterocycles. The number of hydrogen-bond acceptors (Lipinski definition) is 2. The maximum absolute atomic E-state index is 10.8. The number of hydrogen-bond donors (Lipinski definition) is 1. The van der Waals surface area contributed by atoms with Crippen LogP contribution in [-0.4, -0.2) is 8.76 Å². The van der Waals surface area contributed by atoms with Gasteiger partial charge in [0.2, 0.25) is 0 Å². The number of para-hydroxylation sites is 1. The summed E-state index contributed by atoms with van der Waals surface area (Å²) in [6.07, 6.45) is 19.8. The third kappa shape index (κ3) is 12.5. The van der Waals surface area contributed by atoms with Crippen LogP contribution in [0.25, 0.3) is 0 Å². The van der Waals surface area contributed by atoms with Gasteiger partial charge in [-0.1, -0.05) is 109 Å². The molecule has 1 atom stereocenters. The highest BCUT2D eigenvalue weighted by Gasteiger charge is 2.05. The second kappa shape index (κ2) is 16.3. The Hall–Kier alpha value is -0.870. The molecule has 1 rings (SSSR count). The van der Waals surface area contributed by atoms with Crippen LogP contribution >= 0.6 is 0 Å². The van der Waals surface area contributed by atoms with Gasteiger partial charge in [-0.05, 0) is 24.5 Å².